The smallest absolute Gasteiger partial charge is 0.254 e. The van der Waals surface area contributed by atoms with Crippen LogP contribution in [0.1, 0.15) is 39.3 Å². The predicted molar refractivity (Wildman–Crippen MR) is 86.7 cm³/mol. The van der Waals surface area contributed by atoms with E-state index in [4.69, 9.17) is 5.73 Å². The van der Waals surface area contributed by atoms with Gasteiger partial charge in [0.2, 0.25) is 0 Å². The molecule has 0 saturated carbocycles. The first kappa shape index (κ1) is 14.3. The summed E-state index contributed by atoms with van der Waals surface area (Å²) in [4.78, 5) is 16.3. The van der Waals surface area contributed by atoms with E-state index in [0.717, 1.165) is 30.5 Å². The van der Waals surface area contributed by atoms with E-state index in [1.54, 1.807) is 11.3 Å². The summed E-state index contributed by atoms with van der Waals surface area (Å²) >= 11 is 1.80. The Morgan fingerprint density at radius 3 is 3.00 bits per heavy atom. The van der Waals surface area contributed by atoms with E-state index < -0.39 is 0 Å². The number of benzene rings is 1. The van der Waals surface area contributed by atoms with Crippen molar-refractivity contribution < 1.29 is 4.79 Å². The number of carbonyl (C=O) groups is 1. The summed E-state index contributed by atoms with van der Waals surface area (Å²) in [6, 6.07) is 10.1. The van der Waals surface area contributed by atoms with E-state index >= 15 is 0 Å². The van der Waals surface area contributed by atoms with Crippen LogP contribution in [0.4, 0.5) is 0 Å². The Labute approximate surface area is 129 Å². The molecule has 1 aliphatic rings. The highest BCUT2D eigenvalue weighted by atomic mass is 32.1. The molecule has 3 nitrogen and oxygen atoms in total. The van der Waals surface area contributed by atoms with E-state index in [9.17, 15) is 4.79 Å². The third-order valence-electron chi connectivity index (χ3n) is 4.20. The second-order valence-electron chi connectivity index (χ2n) is 5.42. The molecule has 1 amide bonds. The van der Waals surface area contributed by atoms with E-state index in [1.165, 1.54) is 10.4 Å². The Kier molecular flexibility index (Phi) is 4.08. The van der Waals surface area contributed by atoms with Crippen molar-refractivity contribution in [1.82, 2.24) is 4.90 Å². The van der Waals surface area contributed by atoms with Crippen LogP contribution in [-0.4, -0.2) is 23.9 Å². The lowest BCUT2D eigenvalue weighted by atomic mass is 9.98. The summed E-state index contributed by atoms with van der Waals surface area (Å²) in [5, 5.41) is 2.12. The topological polar surface area (TPSA) is 46.3 Å². The quantitative estimate of drug-likeness (QED) is 0.947. The Hall–Kier alpha value is -1.65. The molecule has 2 aromatic rings. The number of nitrogens with zero attached hydrogens (tertiary/aromatic N) is 1. The van der Waals surface area contributed by atoms with E-state index in [0.29, 0.717) is 6.54 Å². The average Bonchev–Trinajstić information content (AvgIpc) is 2.97. The van der Waals surface area contributed by atoms with Crippen LogP contribution < -0.4 is 5.73 Å². The molecule has 21 heavy (non-hydrogen) atoms. The molecule has 1 aromatic heterocycles. The van der Waals surface area contributed by atoms with Crippen LogP contribution in [0.25, 0.3) is 0 Å². The molecule has 1 aliphatic heterocycles. The van der Waals surface area contributed by atoms with Gasteiger partial charge in [-0.1, -0.05) is 18.2 Å². The maximum Gasteiger partial charge on any atom is 0.254 e. The van der Waals surface area contributed by atoms with Crippen LogP contribution in [0.2, 0.25) is 0 Å². The zero-order chi connectivity index (χ0) is 14.8. The lowest BCUT2D eigenvalue weighted by molar-refractivity contribution is 0.0678. The van der Waals surface area contributed by atoms with Gasteiger partial charge in [-0.15, -0.1) is 11.3 Å². The van der Waals surface area contributed by atoms with Crippen LogP contribution in [0.3, 0.4) is 0 Å². The van der Waals surface area contributed by atoms with Crippen molar-refractivity contribution in [2.45, 2.75) is 25.8 Å². The van der Waals surface area contributed by atoms with Gasteiger partial charge in [0.25, 0.3) is 5.91 Å². The van der Waals surface area contributed by atoms with Crippen molar-refractivity contribution in [2.24, 2.45) is 5.73 Å². The van der Waals surface area contributed by atoms with Gasteiger partial charge in [0.1, 0.15) is 0 Å². The number of hydrogen-bond donors (Lipinski definition) is 1. The lowest BCUT2D eigenvalue weighted by Crippen LogP contribution is -2.38. The molecular formula is C17H20N2OS. The zero-order valence-electron chi connectivity index (χ0n) is 12.2. The second kappa shape index (κ2) is 6.00. The molecule has 0 bridgehead atoms. The van der Waals surface area contributed by atoms with Crippen molar-refractivity contribution in [3.05, 3.63) is 57.3 Å². The summed E-state index contributed by atoms with van der Waals surface area (Å²) < 4.78 is 0. The maximum atomic E-state index is 12.9. The van der Waals surface area contributed by atoms with Crippen molar-refractivity contribution in [2.75, 3.05) is 13.1 Å². The van der Waals surface area contributed by atoms with Gasteiger partial charge in [-0.3, -0.25) is 4.79 Å². The van der Waals surface area contributed by atoms with E-state index in [-0.39, 0.29) is 11.9 Å². The van der Waals surface area contributed by atoms with Crippen LogP contribution in [-0.2, 0) is 12.8 Å². The first-order valence-electron chi connectivity index (χ1n) is 7.37. The molecule has 1 unspecified atom stereocenters. The van der Waals surface area contributed by atoms with Gasteiger partial charge in [-0.05, 0) is 54.9 Å². The highest BCUT2D eigenvalue weighted by molar-refractivity contribution is 7.10. The molecular weight excluding hydrogens is 280 g/mol. The van der Waals surface area contributed by atoms with Crippen molar-refractivity contribution in [3.8, 4) is 0 Å². The van der Waals surface area contributed by atoms with Gasteiger partial charge in [0, 0.05) is 17.0 Å². The van der Waals surface area contributed by atoms with Crippen LogP contribution in [0.15, 0.2) is 35.7 Å². The first-order chi connectivity index (χ1) is 10.2. The summed E-state index contributed by atoms with van der Waals surface area (Å²) in [5.41, 5.74) is 8.81. The third-order valence-corrected chi connectivity index (χ3v) is 5.20. The van der Waals surface area contributed by atoms with E-state index in [2.05, 4.69) is 18.4 Å². The summed E-state index contributed by atoms with van der Waals surface area (Å²) in [6.45, 7) is 3.48. The standard InChI is InChI=1S/C17H20N2OS/c1-12-14-8-11-21-16(14)7-10-19(12)17(20)15-5-3-2-4-13(15)6-9-18/h2-5,8,11-12H,6-7,9-10,18H2,1H3. The van der Waals surface area contributed by atoms with Gasteiger partial charge >= 0.3 is 0 Å². The minimum Gasteiger partial charge on any atom is -0.331 e. The monoisotopic (exact) mass is 300 g/mol. The number of fused-ring (bicyclic) bond motifs is 1. The van der Waals surface area contributed by atoms with Crippen LogP contribution in [0.5, 0.6) is 0 Å². The highest BCUT2D eigenvalue weighted by Crippen LogP contribution is 2.33. The molecule has 2 heterocycles. The molecule has 1 atom stereocenters. The number of thiophene rings is 1. The minimum absolute atomic E-state index is 0.128. The third kappa shape index (κ3) is 2.61. The molecule has 0 radical (unpaired) electrons. The van der Waals surface area contributed by atoms with Crippen molar-refractivity contribution >= 4 is 17.2 Å². The van der Waals surface area contributed by atoms with Gasteiger partial charge in [0.15, 0.2) is 0 Å². The number of rotatable bonds is 3. The summed E-state index contributed by atoms with van der Waals surface area (Å²) in [5.74, 6) is 0.128. The molecule has 0 aliphatic carbocycles. The fourth-order valence-electron chi connectivity index (χ4n) is 3.04. The highest BCUT2D eigenvalue weighted by Gasteiger charge is 2.29. The Morgan fingerprint density at radius 1 is 1.38 bits per heavy atom. The maximum absolute atomic E-state index is 12.9. The molecule has 0 saturated heterocycles. The minimum atomic E-state index is 0.128. The van der Waals surface area contributed by atoms with Gasteiger partial charge in [0.05, 0.1) is 6.04 Å². The molecule has 1 aromatic carbocycles. The molecule has 2 N–H and O–H groups in total. The largest absolute Gasteiger partial charge is 0.331 e. The number of nitrogens with two attached hydrogens (primary N) is 1. The average molecular weight is 300 g/mol. The van der Waals surface area contributed by atoms with Gasteiger partial charge in [-0.2, -0.15) is 0 Å². The molecule has 3 rings (SSSR count). The normalized spacial score (nSPS) is 17.6. The fourth-order valence-corrected chi connectivity index (χ4v) is 4.01. The fraction of sp³-hybridized carbons (Fsp3) is 0.353. The summed E-state index contributed by atoms with van der Waals surface area (Å²) in [6.07, 6.45) is 1.70. The number of amides is 1. The van der Waals surface area contributed by atoms with Gasteiger partial charge < -0.3 is 10.6 Å². The SMILES string of the molecule is CC1c2ccsc2CCN1C(=O)c1ccccc1CCN. The van der Waals surface area contributed by atoms with E-state index in [1.807, 2.05) is 29.2 Å². The van der Waals surface area contributed by atoms with Crippen molar-refractivity contribution in [1.29, 1.82) is 0 Å². The Balaban J connectivity index is 1.90. The molecule has 110 valence electrons. The van der Waals surface area contributed by atoms with Crippen LogP contribution >= 0.6 is 11.3 Å². The first-order valence-corrected chi connectivity index (χ1v) is 8.25. The summed E-state index contributed by atoms with van der Waals surface area (Å²) in [7, 11) is 0. The Bertz CT molecular complexity index is 650. The Morgan fingerprint density at radius 2 is 2.19 bits per heavy atom. The second-order valence-corrected chi connectivity index (χ2v) is 6.42. The van der Waals surface area contributed by atoms with Gasteiger partial charge in [-0.25, -0.2) is 0 Å². The molecule has 0 fully saturated rings. The number of hydrogen-bond acceptors (Lipinski definition) is 3. The molecule has 4 heteroatoms. The van der Waals surface area contributed by atoms with Crippen LogP contribution in [0, 0.1) is 0 Å². The number of carbonyl (C=O) groups excluding carboxylic acids is 1. The lowest BCUT2D eigenvalue weighted by Gasteiger charge is -2.34. The molecule has 0 spiro atoms. The predicted octanol–water partition coefficient (Wildman–Crippen LogP) is 3.01. The zero-order valence-corrected chi connectivity index (χ0v) is 13.0. The van der Waals surface area contributed by atoms with Crippen molar-refractivity contribution in [3.63, 3.8) is 0 Å².